The Morgan fingerprint density at radius 3 is 2.58 bits per heavy atom. The number of nitrogens with one attached hydrogen (secondary N) is 1. The number of carbonyl (C=O) groups is 1. The minimum Gasteiger partial charge on any atom is -0.496 e. The number of hydrogen-bond donors (Lipinski definition) is 1. The SMILES string of the molecule is COc1cc(C(=O)NC2CCOCC2)ccc1-c1ccc2c(c1)COC1(CCN(C3CCC3)CC1)O2. The first-order chi connectivity index (χ1) is 17.6. The summed E-state index contributed by atoms with van der Waals surface area (Å²) in [5.41, 5.74) is 3.60. The predicted octanol–water partition coefficient (Wildman–Crippen LogP) is 4.52. The summed E-state index contributed by atoms with van der Waals surface area (Å²) in [6.07, 6.45) is 7.56. The number of hydrogen-bond acceptors (Lipinski definition) is 6. The highest BCUT2D eigenvalue weighted by Crippen LogP contribution is 2.41. The minimum absolute atomic E-state index is 0.0763. The van der Waals surface area contributed by atoms with Crippen molar-refractivity contribution in [1.82, 2.24) is 10.2 Å². The van der Waals surface area contributed by atoms with Gasteiger partial charge in [0.15, 0.2) is 0 Å². The number of carbonyl (C=O) groups excluding carboxylic acids is 1. The fourth-order valence-corrected chi connectivity index (χ4v) is 5.81. The van der Waals surface area contributed by atoms with Gasteiger partial charge in [-0.25, -0.2) is 0 Å². The van der Waals surface area contributed by atoms with E-state index in [-0.39, 0.29) is 11.9 Å². The second kappa shape index (κ2) is 10.0. The normalized spacial score (nSPS) is 22.4. The lowest BCUT2D eigenvalue weighted by Gasteiger charge is -2.47. The summed E-state index contributed by atoms with van der Waals surface area (Å²) in [6, 6.07) is 12.8. The van der Waals surface area contributed by atoms with Crippen molar-refractivity contribution >= 4 is 5.91 Å². The molecular formula is C29H36N2O5. The summed E-state index contributed by atoms with van der Waals surface area (Å²) in [5.74, 6) is 1.01. The monoisotopic (exact) mass is 492 g/mol. The highest BCUT2D eigenvalue weighted by molar-refractivity contribution is 5.95. The molecule has 1 saturated carbocycles. The number of amides is 1. The number of rotatable bonds is 5. The summed E-state index contributed by atoms with van der Waals surface area (Å²) in [5, 5.41) is 3.12. The lowest BCUT2D eigenvalue weighted by Crippen LogP contribution is -2.54. The first-order valence-electron chi connectivity index (χ1n) is 13.4. The van der Waals surface area contributed by atoms with Crippen LogP contribution in [0.4, 0.5) is 0 Å². The van der Waals surface area contributed by atoms with E-state index >= 15 is 0 Å². The average molecular weight is 493 g/mol. The van der Waals surface area contributed by atoms with E-state index in [9.17, 15) is 4.79 Å². The number of likely N-dealkylation sites (tertiary alicyclic amines) is 1. The quantitative estimate of drug-likeness (QED) is 0.662. The van der Waals surface area contributed by atoms with E-state index in [0.29, 0.717) is 31.1 Å². The molecule has 0 radical (unpaired) electrons. The Hall–Kier alpha value is -2.61. The highest BCUT2D eigenvalue weighted by Gasteiger charge is 2.42. The van der Waals surface area contributed by atoms with Gasteiger partial charge in [0.05, 0.1) is 13.7 Å². The molecule has 0 bridgehead atoms. The molecule has 0 atom stereocenters. The standard InChI is InChI=1S/C29H36N2O5/c1-33-27-18-21(28(32)30-23-9-15-34-16-10-23)5-7-25(27)20-6-8-26-22(17-20)19-35-29(36-26)11-13-31(14-12-29)24-3-2-4-24/h5-8,17-18,23-24H,2-4,9-16,19H2,1H3,(H,30,32). The van der Waals surface area contributed by atoms with Crippen LogP contribution in [0.25, 0.3) is 11.1 Å². The number of nitrogens with zero attached hydrogens (tertiary/aromatic N) is 1. The van der Waals surface area contributed by atoms with Gasteiger partial charge in [-0.05, 0) is 61.6 Å². The fraction of sp³-hybridized carbons (Fsp3) is 0.552. The Bertz CT molecular complexity index is 1100. The Kier molecular flexibility index (Phi) is 6.63. The lowest BCUT2D eigenvalue weighted by atomic mass is 9.89. The zero-order valence-electron chi connectivity index (χ0n) is 21.1. The van der Waals surface area contributed by atoms with E-state index in [1.54, 1.807) is 7.11 Å². The molecule has 3 aliphatic heterocycles. The smallest absolute Gasteiger partial charge is 0.251 e. The average Bonchev–Trinajstić information content (AvgIpc) is 2.89. The van der Waals surface area contributed by atoms with E-state index in [1.165, 1.54) is 19.3 Å². The predicted molar refractivity (Wildman–Crippen MR) is 136 cm³/mol. The molecule has 4 aliphatic rings. The van der Waals surface area contributed by atoms with E-state index < -0.39 is 5.79 Å². The maximum Gasteiger partial charge on any atom is 0.251 e. The van der Waals surface area contributed by atoms with Crippen LogP contribution in [0.3, 0.4) is 0 Å². The van der Waals surface area contributed by atoms with E-state index in [1.807, 2.05) is 18.2 Å². The second-order valence-electron chi connectivity index (χ2n) is 10.5. The number of ether oxygens (including phenoxy) is 4. The topological polar surface area (TPSA) is 69.3 Å². The van der Waals surface area contributed by atoms with Gasteiger partial charge in [-0.2, -0.15) is 0 Å². The molecule has 2 aromatic carbocycles. The van der Waals surface area contributed by atoms with Crippen molar-refractivity contribution < 1.29 is 23.7 Å². The van der Waals surface area contributed by atoms with E-state index in [0.717, 1.165) is 67.3 Å². The van der Waals surface area contributed by atoms with Gasteiger partial charge in [0, 0.05) is 67.9 Å². The second-order valence-corrected chi connectivity index (χ2v) is 10.5. The van der Waals surface area contributed by atoms with Crippen molar-refractivity contribution in [2.24, 2.45) is 0 Å². The molecule has 2 aromatic rings. The van der Waals surface area contributed by atoms with Gasteiger partial charge in [-0.15, -0.1) is 0 Å². The Morgan fingerprint density at radius 2 is 1.86 bits per heavy atom. The number of fused-ring (bicyclic) bond motifs is 1. The van der Waals surface area contributed by atoms with Crippen LogP contribution in [0, 0.1) is 0 Å². The molecule has 0 aromatic heterocycles. The van der Waals surface area contributed by atoms with Crippen molar-refractivity contribution in [2.75, 3.05) is 33.4 Å². The first-order valence-corrected chi connectivity index (χ1v) is 13.4. The molecule has 7 heteroatoms. The third-order valence-electron chi connectivity index (χ3n) is 8.33. The van der Waals surface area contributed by atoms with Crippen molar-refractivity contribution in [1.29, 1.82) is 0 Å². The van der Waals surface area contributed by atoms with Crippen LogP contribution in [0.2, 0.25) is 0 Å². The van der Waals surface area contributed by atoms with Gasteiger partial charge in [0.1, 0.15) is 11.5 Å². The van der Waals surface area contributed by atoms with Crippen LogP contribution in [0.15, 0.2) is 36.4 Å². The third kappa shape index (κ3) is 4.72. The zero-order valence-corrected chi connectivity index (χ0v) is 21.1. The highest BCUT2D eigenvalue weighted by atomic mass is 16.7. The molecule has 1 N–H and O–H groups in total. The molecule has 1 amide bonds. The molecule has 2 saturated heterocycles. The van der Waals surface area contributed by atoms with Crippen molar-refractivity contribution in [3.63, 3.8) is 0 Å². The minimum atomic E-state index is -0.494. The molecule has 0 unspecified atom stereocenters. The Balaban J connectivity index is 1.15. The lowest BCUT2D eigenvalue weighted by molar-refractivity contribution is -0.231. The zero-order chi connectivity index (χ0) is 24.5. The van der Waals surface area contributed by atoms with Crippen LogP contribution in [-0.4, -0.2) is 62.1 Å². The first kappa shape index (κ1) is 23.8. The van der Waals surface area contributed by atoms with Crippen LogP contribution in [0.1, 0.15) is 60.9 Å². The number of piperidine rings is 1. The summed E-state index contributed by atoms with van der Waals surface area (Å²) in [6.45, 7) is 4.02. The van der Waals surface area contributed by atoms with Gasteiger partial charge in [-0.3, -0.25) is 9.69 Å². The van der Waals surface area contributed by atoms with E-state index in [2.05, 4.69) is 28.4 Å². The fourth-order valence-electron chi connectivity index (χ4n) is 5.81. The number of methoxy groups -OCH3 is 1. The molecule has 36 heavy (non-hydrogen) atoms. The van der Waals surface area contributed by atoms with E-state index in [4.69, 9.17) is 18.9 Å². The maximum absolute atomic E-state index is 12.8. The van der Waals surface area contributed by atoms with Crippen molar-refractivity contribution in [2.45, 2.75) is 69.4 Å². The van der Waals surface area contributed by atoms with Crippen molar-refractivity contribution in [3.8, 4) is 22.6 Å². The number of benzene rings is 2. The largest absolute Gasteiger partial charge is 0.496 e. The van der Waals surface area contributed by atoms with Gasteiger partial charge < -0.3 is 24.3 Å². The molecule has 7 nitrogen and oxygen atoms in total. The summed E-state index contributed by atoms with van der Waals surface area (Å²) in [4.78, 5) is 15.4. The molecule has 3 heterocycles. The van der Waals surface area contributed by atoms with Gasteiger partial charge in [0.2, 0.25) is 5.79 Å². The molecule has 192 valence electrons. The van der Waals surface area contributed by atoms with Crippen LogP contribution in [-0.2, 0) is 16.1 Å². The summed E-state index contributed by atoms with van der Waals surface area (Å²) in [7, 11) is 1.64. The van der Waals surface area contributed by atoms with Crippen LogP contribution < -0.4 is 14.8 Å². The maximum atomic E-state index is 12.8. The van der Waals surface area contributed by atoms with Crippen molar-refractivity contribution in [3.05, 3.63) is 47.5 Å². The van der Waals surface area contributed by atoms with Crippen LogP contribution >= 0.6 is 0 Å². The third-order valence-corrected chi connectivity index (χ3v) is 8.33. The van der Waals surface area contributed by atoms with Gasteiger partial charge in [-0.1, -0.05) is 12.5 Å². The summed E-state index contributed by atoms with van der Waals surface area (Å²) >= 11 is 0. The summed E-state index contributed by atoms with van der Waals surface area (Å²) < 4.78 is 23.9. The molecule has 6 rings (SSSR count). The Morgan fingerprint density at radius 1 is 1.06 bits per heavy atom. The molecule has 3 fully saturated rings. The Labute approximate surface area is 213 Å². The molecule has 1 spiro atoms. The van der Waals surface area contributed by atoms with Crippen LogP contribution in [0.5, 0.6) is 11.5 Å². The van der Waals surface area contributed by atoms with Gasteiger partial charge >= 0.3 is 0 Å². The molecular weight excluding hydrogens is 456 g/mol. The van der Waals surface area contributed by atoms with Gasteiger partial charge in [0.25, 0.3) is 5.91 Å². The molecule has 1 aliphatic carbocycles.